The van der Waals surface area contributed by atoms with Crippen molar-refractivity contribution in [3.05, 3.63) is 29.3 Å². The second-order valence-corrected chi connectivity index (χ2v) is 8.32. The summed E-state index contributed by atoms with van der Waals surface area (Å²) in [4.78, 5) is 0.126. The average Bonchev–Trinajstić information content (AvgIpc) is 2.53. The van der Waals surface area contributed by atoms with Gasteiger partial charge in [-0.3, -0.25) is 0 Å². The molecule has 23 heavy (non-hydrogen) atoms. The zero-order valence-corrected chi connectivity index (χ0v) is 13.6. The number of nitrogens with zero attached hydrogens (tertiary/aromatic N) is 1. The van der Waals surface area contributed by atoms with Gasteiger partial charge in [-0.1, -0.05) is 6.07 Å². The van der Waals surface area contributed by atoms with E-state index in [0.29, 0.717) is 0 Å². The molecule has 3 rings (SSSR count). The van der Waals surface area contributed by atoms with E-state index in [-0.39, 0.29) is 24.3 Å². The monoisotopic (exact) mass is 347 g/mol. The lowest BCUT2D eigenvalue weighted by atomic mass is 9.92. The summed E-state index contributed by atoms with van der Waals surface area (Å²) in [7, 11) is -3.86. The Balaban J connectivity index is 1.86. The van der Waals surface area contributed by atoms with Gasteiger partial charge in [0.1, 0.15) is 0 Å². The van der Waals surface area contributed by atoms with Gasteiger partial charge in [-0.05, 0) is 61.8 Å². The van der Waals surface area contributed by atoms with E-state index in [0.717, 1.165) is 41.1 Å². The van der Waals surface area contributed by atoms with Gasteiger partial charge in [-0.25, -0.2) is 8.42 Å². The van der Waals surface area contributed by atoms with Crippen molar-refractivity contribution in [3.8, 4) is 0 Å². The number of hydrogen-bond donors (Lipinski definition) is 0. The van der Waals surface area contributed by atoms with E-state index in [1.807, 2.05) is 6.07 Å². The van der Waals surface area contributed by atoms with Crippen molar-refractivity contribution in [1.29, 1.82) is 0 Å². The lowest BCUT2D eigenvalue weighted by molar-refractivity contribution is -0.182. The first kappa shape index (κ1) is 16.8. The molecule has 0 amide bonds. The molecule has 1 atom stereocenters. The maximum Gasteiger partial charge on any atom is 0.393 e. The molecule has 1 aromatic rings. The van der Waals surface area contributed by atoms with Crippen LogP contribution in [0.3, 0.4) is 0 Å². The summed E-state index contributed by atoms with van der Waals surface area (Å²) in [6.07, 6.45) is -0.202. The number of halogens is 3. The van der Waals surface area contributed by atoms with Gasteiger partial charge in [0.2, 0.25) is 10.0 Å². The highest BCUT2D eigenvalue weighted by Gasteiger charge is 2.44. The van der Waals surface area contributed by atoms with E-state index in [9.17, 15) is 21.6 Å². The summed E-state index contributed by atoms with van der Waals surface area (Å²) < 4.78 is 65.1. The fraction of sp³-hybridized carbons (Fsp3) is 0.625. The molecule has 3 nitrogen and oxygen atoms in total. The molecule has 1 aromatic carbocycles. The molecule has 1 aliphatic carbocycles. The Hall–Kier alpha value is -1.08. The third-order valence-corrected chi connectivity index (χ3v) is 6.67. The van der Waals surface area contributed by atoms with Gasteiger partial charge in [0.15, 0.2) is 0 Å². The number of aryl methyl sites for hydroxylation is 2. The molecule has 0 bridgehead atoms. The third-order valence-electron chi connectivity index (χ3n) is 4.80. The van der Waals surface area contributed by atoms with Crippen LogP contribution in [-0.4, -0.2) is 32.0 Å². The fourth-order valence-electron chi connectivity index (χ4n) is 3.45. The molecule has 1 heterocycles. The van der Waals surface area contributed by atoms with Gasteiger partial charge in [-0.15, -0.1) is 0 Å². The minimum Gasteiger partial charge on any atom is -0.207 e. The van der Waals surface area contributed by atoms with Crippen molar-refractivity contribution in [2.24, 2.45) is 5.92 Å². The predicted molar refractivity (Wildman–Crippen MR) is 80.6 cm³/mol. The standard InChI is InChI=1S/C16H20F3NO2S/c17-16(18,19)14-6-3-9-20(11-14)23(21,22)15-8-7-12-4-1-2-5-13(12)10-15/h7-8,10,14H,1-6,9,11H2/t14-/m1/s1. The SMILES string of the molecule is O=S(=O)(c1ccc2c(c1)CCCC2)N1CCC[C@@H](C(F)(F)F)C1. The smallest absolute Gasteiger partial charge is 0.207 e. The van der Waals surface area contributed by atoms with Crippen LogP contribution in [0.15, 0.2) is 23.1 Å². The molecule has 1 saturated heterocycles. The van der Waals surface area contributed by atoms with Crippen LogP contribution in [0.1, 0.15) is 36.8 Å². The highest BCUT2D eigenvalue weighted by atomic mass is 32.2. The van der Waals surface area contributed by atoms with Crippen LogP contribution in [0.4, 0.5) is 13.2 Å². The van der Waals surface area contributed by atoms with E-state index >= 15 is 0 Å². The molecule has 0 spiro atoms. The highest BCUT2D eigenvalue weighted by molar-refractivity contribution is 7.89. The van der Waals surface area contributed by atoms with Crippen LogP contribution in [0, 0.1) is 5.92 Å². The topological polar surface area (TPSA) is 37.4 Å². The van der Waals surface area contributed by atoms with Crippen molar-refractivity contribution in [2.75, 3.05) is 13.1 Å². The average molecular weight is 347 g/mol. The maximum absolute atomic E-state index is 12.9. The number of hydrogen-bond acceptors (Lipinski definition) is 2. The molecule has 1 fully saturated rings. The molecule has 2 aliphatic rings. The Labute approximate surface area is 134 Å². The zero-order chi connectivity index (χ0) is 16.7. The first-order valence-corrected chi connectivity index (χ1v) is 9.41. The van der Waals surface area contributed by atoms with E-state index in [1.54, 1.807) is 6.07 Å². The summed E-state index contributed by atoms with van der Waals surface area (Å²) in [6.45, 7) is -0.311. The van der Waals surface area contributed by atoms with Crippen LogP contribution in [-0.2, 0) is 22.9 Å². The molecule has 1 aliphatic heterocycles. The van der Waals surface area contributed by atoms with Gasteiger partial charge in [0, 0.05) is 13.1 Å². The Morgan fingerprint density at radius 3 is 2.43 bits per heavy atom. The lowest BCUT2D eigenvalue weighted by Crippen LogP contribution is -2.44. The van der Waals surface area contributed by atoms with Crippen molar-refractivity contribution < 1.29 is 21.6 Å². The molecule has 128 valence electrons. The number of rotatable bonds is 2. The van der Waals surface area contributed by atoms with Crippen LogP contribution in [0.25, 0.3) is 0 Å². The molecule has 0 saturated carbocycles. The summed E-state index contributed by atoms with van der Waals surface area (Å²) >= 11 is 0. The quantitative estimate of drug-likeness (QED) is 0.821. The second kappa shape index (κ2) is 6.09. The van der Waals surface area contributed by atoms with Crippen molar-refractivity contribution in [1.82, 2.24) is 4.31 Å². The minimum atomic E-state index is -4.34. The molecular weight excluding hydrogens is 327 g/mol. The van der Waals surface area contributed by atoms with Gasteiger partial charge in [0.25, 0.3) is 0 Å². The summed E-state index contributed by atoms with van der Waals surface area (Å²) in [5, 5.41) is 0. The van der Waals surface area contributed by atoms with Gasteiger partial charge in [-0.2, -0.15) is 17.5 Å². The number of sulfonamides is 1. The first-order chi connectivity index (χ1) is 10.8. The summed E-state index contributed by atoms with van der Waals surface area (Å²) in [5.74, 6) is -1.57. The molecule has 0 N–H and O–H groups in total. The van der Waals surface area contributed by atoms with Crippen molar-refractivity contribution in [3.63, 3.8) is 0 Å². The van der Waals surface area contributed by atoms with E-state index in [1.165, 1.54) is 6.07 Å². The van der Waals surface area contributed by atoms with E-state index in [4.69, 9.17) is 0 Å². The van der Waals surface area contributed by atoms with Gasteiger partial charge < -0.3 is 0 Å². The number of piperidine rings is 1. The Bertz CT molecular complexity index is 685. The van der Waals surface area contributed by atoms with Crippen molar-refractivity contribution >= 4 is 10.0 Å². The highest BCUT2D eigenvalue weighted by Crippen LogP contribution is 2.35. The number of alkyl halides is 3. The number of benzene rings is 1. The van der Waals surface area contributed by atoms with Gasteiger partial charge in [0.05, 0.1) is 10.8 Å². The van der Waals surface area contributed by atoms with Crippen molar-refractivity contribution in [2.45, 2.75) is 49.6 Å². The largest absolute Gasteiger partial charge is 0.393 e. The summed E-state index contributed by atoms with van der Waals surface area (Å²) in [6, 6.07) is 5.00. The molecule has 0 aromatic heterocycles. The number of fused-ring (bicyclic) bond motifs is 1. The van der Waals surface area contributed by atoms with E-state index < -0.39 is 28.7 Å². The first-order valence-electron chi connectivity index (χ1n) is 7.97. The predicted octanol–water partition coefficient (Wildman–Crippen LogP) is 3.53. The van der Waals surface area contributed by atoms with Gasteiger partial charge >= 0.3 is 6.18 Å². The zero-order valence-electron chi connectivity index (χ0n) is 12.8. The normalized spacial score (nSPS) is 23.5. The Kier molecular flexibility index (Phi) is 4.44. The Morgan fingerprint density at radius 2 is 1.74 bits per heavy atom. The Morgan fingerprint density at radius 1 is 1.04 bits per heavy atom. The van der Waals surface area contributed by atoms with Crippen LogP contribution >= 0.6 is 0 Å². The second-order valence-electron chi connectivity index (χ2n) is 6.38. The maximum atomic E-state index is 12.9. The van der Waals surface area contributed by atoms with E-state index in [2.05, 4.69) is 0 Å². The lowest BCUT2D eigenvalue weighted by Gasteiger charge is -2.33. The van der Waals surface area contributed by atoms with Crippen LogP contribution < -0.4 is 0 Å². The summed E-state index contributed by atoms with van der Waals surface area (Å²) in [5.41, 5.74) is 2.17. The molecule has 0 radical (unpaired) electrons. The fourth-order valence-corrected chi connectivity index (χ4v) is 5.02. The van der Waals surface area contributed by atoms with Crippen LogP contribution in [0.2, 0.25) is 0 Å². The molecule has 7 heteroatoms. The molecule has 0 unspecified atom stereocenters. The minimum absolute atomic E-state index is 0.000290. The molecular formula is C16H20F3NO2S. The third kappa shape index (κ3) is 3.40. The van der Waals surface area contributed by atoms with Crippen LogP contribution in [0.5, 0.6) is 0 Å².